The molecule has 0 aliphatic carbocycles. The van der Waals surface area contributed by atoms with Gasteiger partial charge in [0, 0.05) is 37.1 Å². The van der Waals surface area contributed by atoms with Crippen molar-refractivity contribution in [2.75, 3.05) is 26.2 Å². The van der Waals surface area contributed by atoms with Gasteiger partial charge in [-0.15, -0.1) is 11.3 Å². The van der Waals surface area contributed by atoms with Gasteiger partial charge in [-0.3, -0.25) is 14.4 Å². The third kappa shape index (κ3) is 6.17. The summed E-state index contributed by atoms with van der Waals surface area (Å²) in [5.74, 6) is -0.265. The van der Waals surface area contributed by atoms with Crippen LogP contribution in [0.2, 0.25) is 0 Å². The first kappa shape index (κ1) is 26.4. The lowest BCUT2D eigenvalue weighted by molar-refractivity contribution is -0.136. The summed E-state index contributed by atoms with van der Waals surface area (Å²) in [6, 6.07) is 7.65. The fraction of sp³-hybridized carbons (Fsp3) is 0.444. The second kappa shape index (κ2) is 12.0. The Bertz CT molecular complexity index is 1210. The van der Waals surface area contributed by atoms with Gasteiger partial charge in [-0.1, -0.05) is 19.4 Å². The molecule has 1 aromatic heterocycles. The minimum absolute atomic E-state index is 0.0733. The molecule has 3 amide bonds. The molecule has 1 fully saturated rings. The maximum absolute atomic E-state index is 13.3. The zero-order valence-electron chi connectivity index (χ0n) is 20.9. The smallest absolute Gasteiger partial charge is 0.265 e. The van der Waals surface area contributed by atoms with Gasteiger partial charge in [0.15, 0.2) is 6.61 Å². The zero-order valence-corrected chi connectivity index (χ0v) is 21.7. The van der Waals surface area contributed by atoms with Crippen LogP contribution in [0.3, 0.4) is 0 Å². The minimum Gasteiger partial charge on any atom is -0.484 e. The Kier molecular flexibility index (Phi) is 8.56. The van der Waals surface area contributed by atoms with E-state index < -0.39 is 0 Å². The van der Waals surface area contributed by atoms with Crippen LogP contribution in [0.1, 0.15) is 54.8 Å². The molecule has 2 aromatic rings. The van der Waals surface area contributed by atoms with Crippen LogP contribution in [-0.4, -0.2) is 58.7 Å². The number of nitrogens with zero attached hydrogens (tertiary/aromatic N) is 4. The molecule has 1 atom stereocenters. The van der Waals surface area contributed by atoms with Crippen LogP contribution >= 0.6 is 11.3 Å². The summed E-state index contributed by atoms with van der Waals surface area (Å²) in [6.07, 6.45) is 6.64. The van der Waals surface area contributed by atoms with Crippen LogP contribution < -0.4 is 10.5 Å². The van der Waals surface area contributed by atoms with E-state index in [-0.39, 0.29) is 41.9 Å². The van der Waals surface area contributed by atoms with Crippen LogP contribution in [0.25, 0.3) is 6.08 Å². The Labute approximate surface area is 220 Å². The fourth-order valence-electron chi connectivity index (χ4n) is 4.98. The maximum Gasteiger partial charge on any atom is 0.265 e. The van der Waals surface area contributed by atoms with Gasteiger partial charge in [0.1, 0.15) is 22.4 Å². The number of thiazole rings is 1. The summed E-state index contributed by atoms with van der Waals surface area (Å²) >= 11 is 1.38. The number of fused-ring (bicyclic) bond motifs is 1. The number of aromatic nitrogens is 1. The first-order chi connectivity index (χ1) is 17.9. The number of hydrogen-bond acceptors (Lipinski definition) is 7. The van der Waals surface area contributed by atoms with Crippen molar-refractivity contribution in [2.24, 2.45) is 11.7 Å². The lowest BCUT2D eigenvalue weighted by atomic mass is 9.89. The van der Waals surface area contributed by atoms with Gasteiger partial charge in [0.05, 0.1) is 6.04 Å². The summed E-state index contributed by atoms with van der Waals surface area (Å²) in [4.78, 5) is 44.9. The van der Waals surface area contributed by atoms with Gasteiger partial charge >= 0.3 is 0 Å². The fourth-order valence-corrected chi connectivity index (χ4v) is 5.55. The first-order valence-electron chi connectivity index (χ1n) is 12.6. The number of hydrogen-bond donors (Lipinski definition) is 1. The molecule has 2 N–H and O–H groups in total. The molecule has 2 aliphatic heterocycles. The lowest BCUT2D eigenvalue weighted by Crippen LogP contribution is -2.43. The number of carbonyl (C=O) groups is 3. The van der Waals surface area contributed by atoms with Crippen LogP contribution in [0.5, 0.6) is 5.75 Å². The predicted molar refractivity (Wildman–Crippen MR) is 139 cm³/mol. The van der Waals surface area contributed by atoms with E-state index in [1.54, 1.807) is 27.5 Å². The van der Waals surface area contributed by atoms with Crippen molar-refractivity contribution in [3.05, 3.63) is 51.5 Å². The maximum atomic E-state index is 13.3. The highest BCUT2D eigenvalue weighted by Gasteiger charge is 2.32. The molecule has 3 heterocycles. The van der Waals surface area contributed by atoms with Crippen molar-refractivity contribution in [1.82, 2.24) is 14.8 Å². The largest absolute Gasteiger partial charge is 0.484 e. The monoisotopic (exact) mass is 521 g/mol. The van der Waals surface area contributed by atoms with Crippen LogP contribution in [-0.2, 0) is 20.8 Å². The topological polar surface area (TPSA) is 130 Å². The molecule has 0 bridgehead atoms. The van der Waals surface area contributed by atoms with Crippen molar-refractivity contribution >= 4 is 35.1 Å². The number of amides is 3. The lowest BCUT2D eigenvalue weighted by Gasteiger charge is -2.37. The molecule has 37 heavy (non-hydrogen) atoms. The Morgan fingerprint density at radius 1 is 1.27 bits per heavy atom. The average Bonchev–Trinajstić information content (AvgIpc) is 3.43. The summed E-state index contributed by atoms with van der Waals surface area (Å²) in [7, 11) is 0. The van der Waals surface area contributed by atoms with Crippen molar-refractivity contribution in [3.8, 4) is 11.8 Å². The van der Waals surface area contributed by atoms with Crippen molar-refractivity contribution < 1.29 is 19.1 Å². The van der Waals surface area contributed by atoms with Crippen molar-refractivity contribution in [2.45, 2.75) is 45.1 Å². The Morgan fingerprint density at radius 2 is 2.05 bits per heavy atom. The number of benzene rings is 1. The molecule has 0 radical (unpaired) electrons. The Hall–Kier alpha value is -3.71. The van der Waals surface area contributed by atoms with Gasteiger partial charge in [-0.25, -0.2) is 4.98 Å². The van der Waals surface area contributed by atoms with E-state index in [0.717, 1.165) is 24.0 Å². The molecule has 1 aromatic carbocycles. The summed E-state index contributed by atoms with van der Waals surface area (Å²) in [5, 5.41) is 12.1. The molecule has 1 unspecified atom stereocenters. The number of nitrogens with two attached hydrogens (primary N) is 1. The molecular weight excluding hydrogens is 490 g/mol. The van der Waals surface area contributed by atoms with E-state index in [4.69, 9.17) is 10.5 Å². The second-order valence-corrected chi connectivity index (χ2v) is 10.2. The molecular formula is C27H31N5O4S. The highest BCUT2D eigenvalue weighted by molar-refractivity contribution is 7.10. The van der Waals surface area contributed by atoms with E-state index >= 15 is 0 Å². The van der Waals surface area contributed by atoms with Gasteiger partial charge in [0.2, 0.25) is 5.91 Å². The second-order valence-electron chi connectivity index (χ2n) is 9.30. The van der Waals surface area contributed by atoms with Gasteiger partial charge in [0.25, 0.3) is 11.8 Å². The van der Waals surface area contributed by atoms with E-state index in [9.17, 15) is 19.6 Å². The van der Waals surface area contributed by atoms with Crippen molar-refractivity contribution in [3.63, 3.8) is 0 Å². The highest BCUT2D eigenvalue weighted by Crippen LogP contribution is 2.36. The van der Waals surface area contributed by atoms with Crippen LogP contribution in [0.15, 0.2) is 35.3 Å². The summed E-state index contributed by atoms with van der Waals surface area (Å²) < 4.78 is 5.82. The molecule has 9 nitrogen and oxygen atoms in total. The van der Waals surface area contributed by atoms with Gasteiger partial charge in [-0.2, -0.15) is 5.26 Å². The number of nitriles is 1. The summed E-state index contributed by atoms with van der Waals surface area (Å²) in [5.41, 5.74) is 7.58. The minimum atomic E-state index is -0.307. The predicted octanol–water partition coefficient (Wildman–Crippen LogP) is 3.08. The van der Waals surface area contributed by atoms with E-state index in [2.05, 4.69) is 18.0 Å². The number of ether oxygens (including phenoxy) is 1. The molecule has 2 aliphatic rings. The quantitative estimate of drug-likeness (QED) is 0.420. The number of carbonyl (C=O) groups excluding carboxylic acids is 3. The molecule has 0 saturated carbocycles. The molecule has 1 saturated heterocycles. The normalized spacial score (nSPS) is 18.2. The van der Waals surface area contributed by atoms with Crippen LogP contribution in [0, 0.1) is 17.2 Å². The zero-order chi connectivity index (χ0) is 26.4. The molecule has 0 spiro atoms. The molecule has 4 rings (SSSR count). The first-order valence-corrected chi connectivity index (χ1v) is 13.4. The average molecular weight is 522 g/mol. The SMILES string of the molecule is CCCC1c2ccc(OCC(=O)N3CCC(C(N)=O)CC3)cc2CCN1C(=O)C(C#N)=Cc1nccs1. The van der Waals surface area contributed by atoms with E-state index in [1.807, 2.05) is 18.2 Å². The summed E-state index contributed by atoms with van der Waals surface area (Å²) in [6.45, 7) is 3.50. The number of rotatable bonds is 8. The van der Waals surface area contributed by atoms with Crippen LogP contribution in [0.4, 0.5) is 0 Å². The van der Waals surface area contributed by atoms with Gasteiger partial charge < -0.3 is 20.3 Å². The number of likely N-dealkylation sites (tertiary alicyclic amines) is 1. The molecule has 194 valence electrons. The van der Waals surface area contributed by atoms with Gasteiger partial charge in [-0.05, 0) is 55.0 Å². The third-order valence-electron chi connectivity index (χ3n) is 6.98. The Morgan fingerprint density at radius 3 is 2.70 bits per heavy atom. The van der Waals surface area contributed by atoms with E-state index in [1.165, 1.54) is 11.3 Å². The standard InChI is InChI=1S/C27H31N5O4S/c1-2-3-23-22-5-4-21(36-17-25(33)31-10-6-18(7-11-31)26(29)34)14-19(22)8-12-32(23)27(35)20(16-28)15-24-30-9-13-37-24/h4-5,9,13-15,18,23H,2-3,6-8,10-12,17H2,1H3,(H2,29,34). The van der Waals surface area contributed by atoms with E-state index in [0.29, 0.717) is 49.7 Å². The third-order valence-corrected chi connectivity index (χ3v) is 7.70. The number of piperidine rings is 1. The molecule has 10 heteroatoms. The Balaban J connectivity index is 1.43. The highest BCUT2D eigenvalue weighted by atomic mass is 32.1. The number of primary amides is 1. The van der Waals surface area contributed by atoms with Crippen molar-refractivity contribution in [1.29, 1.82) is 5.26 Å².